The first kappa shape index (κ1) is 10.9. The van der Waals surface area contributed by atoms with Crippen LogP contribution in [0, 0.1) is 0 Å². The summed E-state index contributed by atoms with van der Waals surface area (Å²) < 4.78 is 24.8. The molecule has 0 bridgehead atoms. The molecule has 1 aliphatic heterocycles. The molecule has 1 aromatic carbocycles. The van der Waals surface area contributed by atoms with Crippen LogP contribution in [-0.2, 0) is 9.84 Å². The van der Waals surface area contributed by atoms with Crippen molar-refractivity contribution in [3.63, 3.8) is 0 Å². The van der Waals surface area contributed by atoms with E-state index in [1.54, 1.807) is 18.2 Å². The van der Waals surface area contributed by atoms with Gasteiger partial charge in [0, 0.05) is 10.0 Å². The van der Waals surface area contributed by atoms with Crippen molar-refractivity contribution in [1.82, 2.24) is 0 Å². The fourth-order valence-corrected chi connectivity index (χ4v) is 3.89. The zero-order valence-corrected chi connectivity index (χ0v) is 10.3. The molecule has 0 aromatic heterocycles. The van der Waals surface area contributed by atoms with Crippen LogP contribution in [-0.4, -0.2) is 15.0 Å². The number of halogens is 1. The van der Waals surface area contributed by atoms with Crippen molar-refractivity contribution < 1.29 is 8.42 Å². The summed E-state index contributed by atoms with van der Waals surface area (Å²) in [5, 5.41) is 0. The second-order valence-electron chi connectivity index (χ2n) is 3.30. The van der Waals surface area contributed by atoms with Gasteiger partial charge in [0.15, 0.2) is 0 Å². The highest BCUT2D eigenvalue weighted by molar-refractivity contribution is 9.10. The van der Waals surface area contributed by atoms with Gasteiger partial charge in [0.05, 0.1) is 9.80 Å². The number of benzene rings is 1. The summed E-state index contributed by atoms with van der Waals surface area (Å²) in [7, 11) is -3.28. The van der Waals surface area contributed by atoms with Crippen LogP contribution in [0.4, 0.5) is 0 Å². The van der Waals surface area contributed by atoms with Crippen molar-refractivity contribution in [1.29, 1.82) is 0 Å². The summed E-state index contributed by atoms with van der Waals surface area (Å²) in [4.78, 5) is 0.784. The summed E-state index contributed by atoms with van der Waals surface area (Å²) in [6.07, 6.45) is 2.09. The van der Waals surface area contributed by atoms with Crippen LogP contribution in [0.2, 0.25) is 0 Å². The third-order valence-corrected chi connectivity index (χ3v) is 4.98. The molecule has 2 rings (SSSR count). The maximum absolute atomic E-state index is 12.0. The minimum absolute atomic E-state index is 0.344. The lowest BCUT2D eigenvalue weighted by molar-refractivity contribution is 0.601. The van der Waals surface area contributed by atoms with Crippen LogP contribution in [0.1, 0.15) is 12.0 Å². The van der Waals surface area contributed by atoms with Crippen LogP contribution in [0.5, 0.6) is 0 Å². The number of hydrogen-bond acceptors (Lipinski definition) is 3. The third-order valence-electron chi connectivity index (χ3n) is 2.34. The monoisotopic (exact) mass is 287 g/mol. The predicted molar refractivity (Wildman–Crippen MR) is 63.0 cm³/mol. The van der Waals surface area contributed by atoms with Crippen molar-refractivity contribution in [2.45, 2.75) is 11.3 Å². The molecule has 0 radical (unpaired) electrons. The minimum Gasteiger partial charge on any atom is -0.330 e. The lowest BCUT2D eigenvalue weighted by atomic mass is 10.2. The third kappa shape index (κ3) is 1.64. The van der Waals surface area contributed by atoms with Crippen LogP contribution in [0.15, 0.2) is 32.5 Å². The Hall–Kier alpha value is -0.650. The van der Waals surface area contributed by atoms with Gasteiger partial charge in [-0.15, -0.1) is 0 Å². The van der Waals surface area contributed by atoms with Gasteiger partial charge in [0.2, 0.25) is 9.84 Å². The number of rotatable bonds is 2. The molecule has 0 fully saturated rings. The predicted octanol–water partition coefficient (Wildman–Crippen LogP) is 1.93. The lowest BCUT2D eigenvalue weighted by Crippen LogP contribution is -2.06. The second-order valence-corrected chi connectivity index (χ2v) is 6.13. The quantitative estimate of drug-likeness (QED) is 0.904. The highest BCUT2D eigenvalue weighted by Crippen LogP contribution is 2.37. The first-order valence-corrected chi connectivity index (χ1v) is 6.79. The largest absolute Gasteiger partial charge is 0.330 e. The molecule has 0 unspecified atom stereocenters. The zero-order chi connectivity index (χ0) is 11.1. The Kier molecular flexibility index (Phi) is 2.70. The second kappa shape index (κ2) is 3.73. The summed E-state index contributed by atoms with van der Waals surface area (Å²) in [6.45, 7) is 0.344. The molecule has 80 valence electrons. The molecular weight excluding hydrogens is 278 g/mol. The van der Waals surface area contributed by atoms with Gasteiger partial charge in [0.25, 0.3) is 0 Å². The van der Waals surface area contributed by atoms with E-state index in [-0.39, 0.29) is 0 Å². The molecule has 0 atom stereocenters. The van der Waals surface area contributed by atoms with Crippen molar-refractivity contribution >= 4 is 31.8 Å². The van der Waals surface area contributed by atoms with Gasteiger partial charge in [0.1, 0.15) is 0 Å². The average Bonchev–Trinajstić information content (AvgIpc) is 2.43. The van der Waals surface area contributed by atoms with Gasteiger partial charge in [-0.2, -0.15) is 0 Å². The van der Waals surface area contributed by atoms with Gasteiger partial charge in [-0.05, 0) is 31.2 Å². The maximum Gasteiger partial charge on any atom is 0.203 e. The van der Waals surface area contributed by atoms with Crippen LogP contribution in [0.3, 0.4) is 0 Å². The van der Waals surface area contributed by atoms with E-state index in [1.165, 1.54) is 0 Å². The molecule has 1 heterocycles. The summed E-state index contributed by atoms with van der Waals surface area (Å²) in [5.74, 6) is 0. The van der Waals surface area contributed by atoms with E-state index in [4.69, 9.17) is 5.73 Å². The molecule has 2 N–H and O–H groups in total. The minimum atomic E-state index is -3.28. The molecule has 0 saturated heterocycles. The van der Waals surface area contributed by atoms with Crippen molar-refractivity contribution in [3.05, 3.63) is 33.1 Å². The van der Waals surface area contributed by atoms with E-state index < -0.39 is 9.84 Å². The summed E-state index contributed by atoms with van der Waals surface area (Å²) in [6, 6.07) is 5.17. The van der Waals surface area contributed by atoms with Crippen molar-refractivity contribution in [2.24, 2.45) is 5.73 Å². The van der Waals surface area contributed by atoms with Crippen LogP contribution in [0.25, 0.3) is 6.08 Å². The Labute approximate surface area is 97.0 Å². The van der Waals surface area contributed by atoms with E-state index in [0.717, 1.165) is 10.0 Å². The maximum atomic E-state index is 12.0. The highest BCUT2D eigenvalue weighted by atomic mass is 79.9. The summed E-state index contributed by atoms with van der Waals surface area (Å²) >= 11 is 3.34. The van der Waals surface area contributed by atoms with E-state index in [0.29, 0.717) is 22.8 Å². The summed E-state index contributed by atoms with van der Waals surface area (Å²) in [5.41, 5.74) is 6.12. The van der Waals surface area contributed by atoms with E-state index in [9.17, 15) is 8.42 Å². The fraction of sp³-hybridized carbons (Fsp3) is 0.200. The first-order chi connectivity index (χ1) is 7.07. The highest BCUT2D eigenvalue weighted by Gasteiger charge is 2.29. The number of nitrogens with two attached hydrogens (primary N) is 1. The van der Waals surface area contributed by atoms with E-state index in [1.807, 2.05) is 6.07 Å². The SMILES string of the molecule is NCCC1=Cc2c(Br)cccc2S1(=O)=O. The van der Waals surface area contributed by atoms with Gasteiger partial charge in [-0.3, -0.25) is 0 Å². The molecule has 5 heteroatoms. The Morgan fingerprint density at radius 1 is 1.33 bits per heavy atom. The Bertz CT molecular complexity index is 534. The molecule has 1 aliphatic rings. The van der Waals surface area contributed by atoms with Gasteiger partial charge in [-0.1, -0.05) is 22.0 Å². The van der Waals surface area contributed by atoms with Crippen molar-refractivity contribution in [3.8, 4) is 0 Å². The topological polar surface area (TPSA) is 60.2 Å². The Balaban J connectivity index is 2.64. The number of fused-ring (bicyclic) bond motifs is 1. The van der Waals surface area contributed by atoms with E-state index in [2.05, 4.69) is 15.9 Å². The van der Waals surface area contributed by atoms with Crippen LogP contribution >= 0.6 is 15.9 Å². The molecule has 15 heavy (non-hydrogen) atoms. The molecule has 0 saturated carbocycles. The van der Waals surface area contributed by atoms with Crippen molar-refractivity contribution in [2.75, 3.05) is 6.54 Å². The normalized spacial score (nSPS) is 17.3. The standard InChI is InChI=1S/C10H10BrNO2S/c11-9-2-1-3-10-8(9)6-7(4-5-12)15(10,13)14/h1-3,6H,4-5,12H2. The first-order valence-electron chi connectivity index (χ1n) is 4.51. The van der Waals surface area contributed by atoms with Gasteiger partial charge in [-0.25, -0.2) is 8.42 Å². The number of sulfone groups is 1. The average molecular weight is 288 g/mol. The molecule has 1 aromatic rings. The smallest absolute Gasteiger partial charge is 0.203 e. The van der Waals surface area contributed by atoms with Crippen LogP contribution < -0.4 is 5.73 Å². The van der Waals surface area contributed by atoms with Gasteiger partial charge < -0.3 is 5.73 Å². The van der Waals surface area contributed by atoms with E-state index >= 15 is 0 Å². The Morgan fingerprint density at radius 2 is 2.07 bits per heavy atom. The van der Waals surface area contributed by atoms with Gasteiger partial charge >= 0.3 is 0 Å². The molecular formula is C10H10BrNO2S. The fourth-order valence-electron chi connectivity index (χ4n) is 1.62. The molecule has 0 amide bonds. The zero-order valence-electron chi connectivity index (χ0n) is 7.90. The number of hydrogen-bond donors (Lipinski definition) is 1. The molecule has 0 aliphatic carbocycles. The molecule has 3 nitrogen and oxygen atoms in total. The Morgan fingerprint density at radius 3 is 2.67 bits per heavy atom. The lowest BCUT2D eigenvalue weighted by Gasteiger charge is -2.02. The molecule has 0 spiro atoms.